The summed E-state index contributed by atoms with van der Waals surface area (Å²) >= 11 is 0. The van der Waals surface area contributed by atoms with Gasteiger partial charge >= 0.3 is 0 Å². The molecule has 1 unspecified atom stereocenters. The number of hydrogen-bond donors (Lipinski definition) is 2. The van der Waals surface area contributed by atoms with Crippen molar-refractivity contribution in [3.8, 4) is 0 Å². The Morgan fingerprint density at radius 1 is 1.00 bits per heavy atom. The molecule has 2 aromatic carbocycles. The number of rotatable bonds is 4. The van der Waals surface area contributed by atoms with Gasteiger partial charge in [0.15, 0.2) is 9.84 Å². The van der Waals surface area contributed by atoms with E-state index in [1.54, 1.807) is 18.2 Å². The van der Waals surface area contributed by atoms with Crippen molar-refractivity contribution in [3.63, 3.8) is 0 Å². The van der Waals surface area contributed by atoms with Gasteiger partial charge in [-0.15, -0.1) is 0 Å². The molecule has 1 aliphatic rings. The van der Waals surface area contributed by atoms with Gasteiger partial charge in [-0.3, -0.25) is 9.59 Å². The third-order valence-electron chi connectivity index (χ3n) is 4.26. The number of amides is 2. The molecule has 3 rings (SSSR count). The van der Waals surface area contributed by atoms with Crippen LogP contribution in [0.2, 0.25) is 0 Å². The van der Waals surface area contributed by atoms with Gasteiger partial charge in [-0.25, -0.2) is 8.42 Å². The van der Waals surface area contributed by atoms with E-state index in [1.807, 2.05) is 31.2 Å². The fourth-order valence-electron chi connectivity index (χ4n) is 2.82. The average molecular weight is 372 g/mol. The Morgan fingerprint density at radius 2 is 1.65 bits per heavy atom. The summed E-state index contributed by atoms with van der Waals surface area (Å²) in [6, 6.07) is 13.4. The molecule has 0 bridgehead atoms. The molecule has 1 heterocycles. The highest BCUT2D eigenvalue weighted by Gasteiger charge is 2.29. The summed E-state index contributed by atoms with van der Waals surface area (Å²) in [5, 5.41) is 5.51. The van der Waals surface area contributed by atoms with Crippen molar-refractivity contribution in [2.75, 3.05) is 16.8 Å². The highest BCUT2D eigenvalue weighted by molar-refractivity contribution is 7.91. The first kappa shape index (κ1) is 18.1. The second-order valence-corrected chi connectivity index (χ2v) is 8.70. The van der Waals surface area contributed by atoms with Crippen LogP contribution in [0, 0.1) is 6.92 Å². The minimum atomic E-state index is -3.06. The largest absolute Gasteiger partial charge is 0.348 e. The predicted molar refractivity (Wildman–Crippen MR) is 100 cm³/mol. The van der Waals surface area contributed by atoms with E-state index in [0.717, 1.165) is 5.56 Å². The number of carbonyl (C=O) groups excluding carboxylic acids is 2. The summed E-state index contributed by atoms with van der Waals surface area (Å²) < 4.78 is 23.0. The minimum absolute atomic E-state index is 0.0354. The minimum Gasteiger partial charge on any atom is -0.348 e. The molecule has 0 saturated carbocycles. The van der Waals surface area contributed by atoms with Crippen LogP contribution in [0.1, 0.15) is 32.7 Å². The standard InChI is InChI=1S/C19H20N2O4S/c1-13-5-7-16(8-6-13)20-18(22)14-3-2-4-15(11-14)19(23)21-17-9-10-26(24,25)12-17/h2-8,11,17H,9-10,12H2,1H3,(H,20,22)(H,21,23). The summed E-state index contributed by atoms with van der Waals surface area (Å²) in [4.78, 5) is 24.7. The quantitative estimate of drug-likeness (QED) is 0.860. The Hall–Kier alpha value is -2.67. The number of sulfone groups is 1. The molecule has 6 nitrogen and oxygen atoms in total. The summed E-state index contributed by atoms with van der Waals surface area (Å²) in [5.41, 5.74) is 2.45. The molecule has 2 N–H and O–H groups in total. The summed E-state index contributed by atoms with van der Waals surface area (Å²) in [7, 11) is -3.06. The predicted octanol–water partition coefficient (Wildman–Crippen LogP) is 2.16. The SMILES string of the molecule is Cc1ccc(NC(=O)c2cccc(C(=O)NC3CCS(=O)(=O)C3)c2)cc1. The van der Waals surface area contributed by atoms with Crippen LogP contribution >= 0.6 is 0 Å². The molecule has 1 saturated heterocycles. The van der Waals surface area contributed by atoms with E-state index in [2.05, 4.69) is 10.6 Å². The van der Waals surface area contributed by atoms with Gasteiger partial charge in [-0.05, 0) is 43.7 Å². The van der Waals surface area contributed by atoms with Crippen molar-refractivity contribution in [1.82, 2.24) is 5.32 Å². The molecule has 136 valence electrons. The van der Waals surface area contributed by atoms with Crippen LogP contribution in [0.25, 0.3) is 0 Å². The van der Waals surface area contributed by atoms with Crippen LogP contribution in [0.15, 0.2) is 48.5 Å². The average Bonchev–Trinajstić information content (AvgIpc) is 2.95. The van der Waals surface area contributed by atoms with Crippen LogP contribution in [-0.2, 0) is 9.84 Å². The van der Waals surface area contributed by atoms with Gasteiger partial charge < -0.3 is 10.6 Å². The zero-order valence-electron chi connectivity index (χ0n) is 14.4. The lowest BCUT2D eigenvalue weighted by molar-refractivity contribution is 0.0941. The van der Waals surface area contributed by atoms with E-state index < -0.39 is 9.84 Å². The molecule has 1 atom stereocenters. The molecule has 7 heteroatoms. The molecule has 1 fully saturated rings. The Balaban J connectivity index is 1.68. The first-order valence-electron chi connectivity index (χ1n) is 8.32. The normalized spacial score (nSPS) is 18.3. The summed E-state index contributed by atoms with van der Waals surface area (Å²) in [5.74, 6) is -0.632. The molecule has 1 aliphatic heterocycles. The van der Waals surface area contributed by atoms with E-state index in [-0.39, 0.29) is 29.4 Å². The van der Waals surface area contributed by atoms with Gasteiger partial charge in [0.1, 0.15) is 0 Å². The maximum atomic E-state index is 12.4. The zero-order chi connectivity index (χ0) is 18.7. The number of anilines is 1. The van der Waals surface area contributed by atoms with Crippen LogP contribution in [-0.4, -0.2) is 37.8 Å². The van der Waals surface area contributed by atoms with Crippen molar-refractivity contribution >= 4 is 27.3 Å². The fourth-order valence-corrected chi connectivity index (χ4v) is 4.49. The topological polar surface area (TPSA) is 92.3 Å². The molecule has 0 aliphatic carbocycles. The second kappa shape index (κ2) is 7.29. The second-order valence-electron chi connectivity index (χ2n) is 6.47. The molecule has 0 spiro atoms. The van der Waals surface area contributed by atoms with Crippen molar-refractivity contribution in [3.05, 3.63) is 65.2 Å². The van der Waals surface area contributed by atoms with Gasteiger partial charge in [0.05, 0.1) is 11.5 Å². The van der Waals surface area contributed by atoms with Crippen molar-refractivity contribution in [2.24, 2.45) is 0 Å². The lowest BCUT2D eigenvalue weighted by atomic mass is 10.1. The van der Waals surface area contributed by atoms with E-state index in [0.29, 0.717) is 23.2 Å². The first-order chi connectivity index (χ1) is 12.3. The smallest absolute Gasteiger partial charge is 0.255 e. The molecular formula is C19H20N2O4S. The summed E-state index contributed by atoms with van der Waals surface area (Å²) in [6.07, 6.45) is 0.418. The highest BCUT2D eigenvalue weighted by Crippen LogP contribution is 2.14. The van der Waals surface area contributed by atoms with E-state index >= 15 is 0 Å². The van der Waals surface area contributed by atoms with Gasteiger partial charge in [0.25, 0.3) is 11.8 Å². The van der Waals surface area contributed by atoms with E-state index in [1.165, 1.54) is 6.07 Å². The Labute approximate surface area is 152 Å². The molecule has 0 aromatic heterocycles. The monoisotopic (exact) mass is 372 g/mol. The molecule has 26 heavy (non-hydrogen) atoms. The molecule has 2 aromatic rings. The number of carbonyl (C=O) groups is 2. The van der Waals surface area contributed by atoms with Crippen LogP contribution in [0.4, 0.5) is 5.69 Å². The maximum Gasteiger partial charge on any atom is 0.255 e. The number of nitrogens with one attached hydrogen (secondary N) is 2. The Morgan fingerprint density at radius 3 is 2.27 bits per heavy atom. The Bertz CT molecular complexity index is 936. The molecular weight excluding hydrogens is 352 g/mol. The number of hydrogen-bond acceptors (Lipinski definition) is 4. The fraction of sp³-hybridized carbons (Fsp3) is 0.263. The first-order valence-corrected chi connectivity index (χ1v) is 10.1. The van der Waals surface area contributed by atoms with E-state index in [9.17, 15) is 18.0 Å². The van der Waals surface area contributed by atoms with Crippen molar-refractivity contribution < 1.29 is 18.0 Å². The third kappa shape index (κ3) is 4.49. The van der Waals surface area contributed by atoms with Crippen LogP contribution in [0.3, 0.4) is 0 Å². The summed E-state index contributed by atoms with van der Waals surface area (Å²) in [6.45, 7) is 1.96. The van der Waals surface area contributed by atoms with Gasteiger partial charge in [0, 0.05) is 22.9 Å². The van der Waals surface area contributed by atoms with Gasteiger partial charge in [-0.2, -0.15) is 0 Å². The molecule has 2 amide bonds. The lowest BCUT2D eigenvalue weighted by Crippen LogP contribution is -2.35. The van der Waals surface area contributed by atoms with Gasteiger partial charge in [-0.1, -0.05) is 23.8 Å². The van der Waals surface area contributed by atoms with Crippen LogP contribution < -0.4 is 10.6 Å². The van der Waals surface area contributed by atoms with Crippen molar-refractivity contribution in [1.29, 1.82) is 0 Å². The van der Waals surface area contributed by atoms with E-state index in [4.69, 9.17) is 0 Å². The molecule has 0 radical (unpaired) electrons. The zero-order valence-corrected chi connectivity index (χ0v) is 15.2. The highest BCUT2D eigenvalue weighted by atomic mass is 32.2. The van der Waals surface area contributed by atoms with Gasteiger partial charge in [0.2, 0.25) is 0 Å². The third-order valence-corrected chi connectivity index (χ3v) is 6.03. The lowest BCUT2D eigenvalue weighted by Gasteiger charge is -2.11. The van der Waals surface area contributed by atoms with Crippen LogP contribution in [0.5, 0.6) is 0 Å². The maximum absolute atomic E-state index is 12.4. The number of aryl methyl sites for hydroxylation is 1. The Kier molecular flexibility index (Phi) is 5.08. The number of benzene rings is 2. The van der Waals surface area contributed by atoms with Crippen molar-refractivity contribution in [2.45, 2.75) is 19.4 Å².